The summed E-state index contributed by atoms with van der Waals surface area (Å²) in [6.45, 7) is 9.27. The van der Waals surface area contributed by atoms with E-state index in [0.717, 1.165) is 12.3 Å². The largest absolute Gasteiger partial charge is 0.465 e. The third-order valence-corrected chi connectivity index (χ3v) is 5.38. The topological polar surface area (TPSA) is 22.9 Å². The maximum atomic E-state index is 5.40. The van der Waals surface area contributed by atoms with E-state index in [0.29, 0.717) is 5.54 Å². The molecule has 4 nitrogen and oxygen atoms in total. The highest BCUT2D eigenvalue weighted by Gasteiger charge is 2.41. The summed E-state index contributed by atoms with van der Waals surface area (Å²) in [7, 11) is 4.57. The third-order valence-electron chi connectivity index (χ3n) is 5.38. The van der Waals surface area contributed by atoms with Crippen LogP contribution in [0.4, 0.5) is 0 Å². The van der Waals surface area contributed by atoms with Crippen LogP contribution in [0.1, 0.15) is 25.5 Å². The van der Waals surface area contributed by atoms with Gasteiger partial charge in [0.1, 0.15) is 5.76 Å². The maximum absolute atomic E-state index is 5.40. The Morgan fingerprint density at radius 1 is 1.23 bits per heavy atom. The zero-order valence-corrected chi connectivity index (χ0v) is 14.2. The van der Waals surface area contributed by atoms with E-state index in [1.165, 1.54) is 51.1 Å². The summed E-state index contributed by atoms with van der Waals surface area (Å²) in [6, 6.07) is 3.96. The van der Waals surface area contributed by atoms with E-state index >= 15 is 0 Å². The van der Waals surface area contributed by atoms with Crippen molar-refractivity contribution in [3.05, 3.63) is 29.7 Å². The molecule has 0 unspecified atom stereocenters. The average Bonchev–Trinajstić information content (AvgIpc) is 2.98. The van der Waals surface area contributed by atoms with E-state index in [4.69, 9.17) is 4.42 Å². The number of hydrogen-bond donors (Lipinski definition) is 0. The molecule has 0 radical (unpaired) electrons. The zero-order chi connectivity index (χ0) is 15.6. The second-order valence-corrected chi connectivity index (χ2v) is 7.17. The molecular weight excluding hydrogens is 274 g/mol. The van der Waals surface area contributed by atoms with Crippen molar-refractivity contribution < 1.29 is 4.42 Å². The van der Waals surface area contributed by atoms with Gasteiger partial charge in [-0.15, -0.1) is 0 Å². The molecule has 2 aliphatic rings. The Kier molecular flexibility index (Phi) is 4.71. The Hall–Kier alpha value is -1.10. The van der Waals surface area contributed by atoms with Crippen molar-refractivity contribution >= 4 is 6.08 Å². The predicted molar refractivity (Wildman–Crippen MR) is 90.9 cm³/mol. The SMILES string of the molecule is CC(=Cc1ccco1)CN1CCC2(CC1)CN(C)CCN2C. The molecule has 0 aromatic carbocycles. The minimum atomic E-state index is 0.405. The number of likely N-dealkylation sites (N-methyl/N-ethyl adjacent to an activating group) is 2. The van der Waals surface area contributed by atoms with E-state index < -0.39 is 0 Å². The number of piperazine rings is 1. The lowest BCUT2D eigenvalue weighted by atomic mass is 9.83. The van der Waals surface area contributed by atoms with E-state index in [1.807, 2.05) is 12.1 Å². The standard InChI is InChI=1S/C18H29N3O/c1-16(13-17-5-4-12-22-17)14-21-8-6-18(7-9-21)15-19(2)10-11-20(18)3/h4-5,12-13H,6-11,14-15H2,1-3H3. The van der Waals surface area contributed by atoms with Crippen molar-refractivity contribution in [2.75, 3.05) is 53.4 Å². The summed E-state index contributed by atoms with van der Waals surface area (Å²) in [4.78, 5) is 7.69. The van der Waals surface area contributed by atoms with Gasteiger partial charge in [0.05, 0.1) is 6.26 Å². The fourth-order valence-electron chi connectivity index (χ4n) is 3.94. The molecule has 22 heavy (non-hydrogen) atoms. The Bertz CT molecular complexity index is 500. The molecule has 3 rings (SSSR count). The third kappa shape index (κ3) is 3.45. The van der Waals surface area contributed by atoms with Gasteiger partial charge in [0.15, 0.2) is 0 Å². The molecule has 0 N–H and O–H groups in total. The second-order valence-electron chi connectivity index (χ2n) is 7.17. The van der Waals surface area contributed by atoms with Crippen molar-refractivity contribution in [2.24, 2.45) is 0 Å². The quantitative estimate of drug-likeness (QED) is 0.855. The zero-order valence-electron chi connectivity index (χ0n) is 14.2. The van der Waals surface area contributed by atoms with Gasteiger partial charge in [-0.25, -0.2) is 0 Å². The van der Waals surface area contributed by atoms with Crippen LogP contribution in [0.15, 0.2) is 28.4 Å². The van der Waals surface area contributed by atoms with Crippen molar-refractivity contribution in [3.63, 3.8) is 0 Å². The minimum Gasteiger partial charge on any atom is -0.465 e. The van der Waals surface area contributed by atoms with Gasteiger partial charge in [-0.1, -0.05) is 5.57 Å². The summed E-state index contributed by atoms with van der Waals surface area (Å²) in [5, 5.41) is 0. The van der Waals surface area contributed by atoms with Gasteiger partial charge in [-0.2, -0.15) is 0 Å². The van der Waals surface area contributed by atoms with E-state index in [9.17, 15) is 0 Å². The first kappa shape index (κ1) is 15.8. The van der Waals surface area contributed by atoms with E-state index in [1.54, 1.807) is 6.26 Å². The lowest BCUT2D eigenvalue weighted by Crippen LogP contribution is -2.63. The molecule has 3 heterocycles. The number of hydrogen-bond acceptors (Lipinski definition) is 4. The normalized spacial score (nSPS) is 25.0. The van der Waals surface area contributed by atoms with Crippen LogP contribution < -0.4 is 0 Å². The monoisotopic (exact) mass is 303 g/mol. The molecule has 2 aliphatic heterocycles. The van der Waals surface area contributed by atoms with Crippen molar-refractivity contribution in [3.8, 4) is 0 Å². The van der Waals surface area contributed by atoms with Gasteiger partial charge < -0.3 is 9.32 Å². The molecule has 122 valence electrons. The second kappa shape index (κ2) is 6.57. The number of furan rings is 1. The van der Waals surface area contributed by atoms with Gasteiger partial charge in [0.25, 0.3) is 0 Å². The van der Waals surface area contributed by atoms with Gasteiger partial charge in [0.2, 0.25) is 0 Å². The lowest BCUT2D eigenvalue weighted by molar-refractivity contribution is -0.0173. The Labute approximate surface area is 134 Å². The highest BCUT2D eigenvalue weighted by molar-refractivity contribution is 5.46. The van der Waals surface area contributed by atoms with Gasteiger partial charge >= 0.3 is 0 Å². The molecule has 0 aliphatic carbocycles. The summed E-state index contributed by atoms with van der Waals surface area (Å²) in [6.07, 6.45) is 6.45. The van der Waals surface area contributed by atoms with Crippen LogP contribution >= 0.6 is 0 Å². The minimum absolute atomic E-state index is 0.405. The molecule has 1 aromatic heterocycles. The molecule has 0 bridgehead atoms. The van der Waals surface area contributed by atoms with Gasteiger partial charge in [0, 0.05) is 44.8 Å². The lowest BCUT2D eigenvalue weighted by Gasteiger charge is -2.52. The molecule has 0 amide bonds. The number of likely N-dealkylation sites (tertiary alicyclic amines) is 1. The number of nitrogens with zero attached hydrogens (tertiary/aromatic N) is 3. The van der Waals surface area contributed by atoms with Crippen LogP contribution in [-0.4, -0.2) is 73.6 Å². The van der Waals surface area contributed by atoms with Crippen LogP contribution in [0.5, 0.6) is 0 Å². The molecule has 4 heteroatoms. The van der Waals surface area contributed by atoms with Crippen LogP contribution in [-0.2, 0) is 0 Å². The number of piperidine rings is 1. The van der Waals surface area contributed by atoms with E-state index in [-0.39, 0.29) is 0 Å². The predicted octanol–water partition coefficient (Wildman–Crippen LogP) is 2.39. The highest BCUT2D eigenvalue weighted by Crippen LogP contribution is 2.31. The van der Waals surface area contributed by atoms with E-state index in [2.05, 4.69) is 41.8 Å². The molecule has 1 spiro atoms. The van der Waals surface area contributed by atoms with Crippen molar-refractivity contribution in [1.82, 2.24) is 14.7 Å². The van der Waals surface area contributed by atoms with Crippen LogP contribution in [0.2, 0.25) is 0 Å². The Morgan fingerprint density at radius 2 is 2.00 bits per heavy atom. The van der Waals surface area contributed by atoms with Gasteiger partial charge in [-0.05, 0) is 52.1 Å². The summed E-state index contributed by atoms with van der Waals surface area (Å²) >= 11 is 0. The summed E-state index contributed by atoms with van der Waals surface area (Å²) in [5.41, 5.74) is 1.78. The van der Waals surface area contributed by atoms with Crippen LogP contribution in [0.3, 0.4) is 0 Å². The molecule has 2 fully saturated rings. The molecule has 2 saturated heterocycles. The molecule has 0 atom stereocenters. The van der Waals surface area contributed by atoms with Crippen LogP contribution in [0, 0.1) is 0 Å². The highest BCUT2D eigenvalue weighted by atomic mass is 16.3. The number of rotatable bonds is 3. The first-order valence-corrected chi connectivity index (χ1v) is 8.40. The molecule has 0 saturated carbocycles. The Balaban J connectivity index is 1.55. The van der Waals surface area contributed by atoms with Crippen LogP contribution in [0.25, 0.3) is 6.08 Å². The first-order valence-electron chi connectivity index (χ1n) is 8.40. The smallest absolute Gasteiger partial charge is 0.126 e. The fraction of sp³-hybridized carbons (Fsp3) is 0.667. The maximum Gasteiger partial charge on any atom is 0.126 e. The fourth-order valence-corrected chi connectivity index (χ4v) is 3.94. The molecular formula is C18H29N3O. The van der Waals surface area contributed by atoms with Gasteiger partial charge in [-0.3, -0.25) is 9.80 Å². The van der Waals surface area contributed by atoms with Crippen molar-refractivity contribution in [1.29, 1.82) is 0 Å². The Morgan fingerprint density at radius 3 is 2.68 bits per heavy atom. The van der Waals surface area contributed by atoms with Crippen molar-refractivity contribution in [2.45, 2.75) is 25.3 Å². The first-order chi connectivity index (χ1) is 10.6. The average molecular weight is 303 g/mol. The molecule has 1 aromatic rings. The summed E-state index contributed by atoms with van der Waals surface area (Å²) < 4.78 is 5.40. The summed E-state index contributed by atoms with van der Waals surface area (Å²) in [5.74, 6) is 0.958.